The number of ether oxygens (including phenoxy) is 1. The molecule has 4 atom stereocenters. The number of hydrogen-bond donors (Lipinski definition) is 0. The lowest BCUT2D eigenvalue weighted by atomic mass is 9.81. The third-order valence-corrected chi connectivity index (χ3v) is 6.49. The predicted molar refractivity (Wildman–Crippen MR) is 103 cm³/mol. The highest BCUT2D eigenvalue weighted by Gasteiger charge is 2.61. The van der Waals surface area contributed by atoms with Gasteiger partial charge in [0.2, 0.25) is 11.8 Å². The third-order valence-electron chi connectivity index (χ3n) is 6.49. The van der Waals surface area contributed by atoms with Gasteiger partial charge in [0.1, 0.15) is 5.75 Å². The van der Waals surface area contributed by atoms with Crippen LogP contribution < -0.4 is 9.64 Å². The zero-order valence-electron chi connectivity index (χ0n) is 15.4. The van der Waals surface area contributed by atoms with E-state index in [9.17, 15) is 14.4 Å². The van der Waals surface area contributed by atoms with E-state index in [1.165, 1.54) is 4.90 Å². The van der Waals surface area contributed by atoms with Crippen LogP contribution in [0, 0.1) is 23.7 Å². The molecular weight excluding hydrogens is 354 g/mol. The van der Waals surface area contributed by atoms with Gasteiger partial charge in [0.15, 0.2) is 12.4 Å². The van der Waals surface area contributed by atoms with Crippen molar-refractivity contribution in [3.05, 3.63) is 60.2 Å². The highest BCUT2D eigenvalue weighted by atomic mass is 16.5. The molecule has 3 fully saturated rings. The summed E-state index contributed by atoms with van der Waals surface area (Å²) in [5, 5.41) is 0. The van der Waals surface area contributed by atoms with E-state index in [0.29, 0.717) is 28.8 Å². The van der Waals surface area contributed by atoms with Gasteiger partial charge in [-0.25, -0.2) is 0 Å². The molecule has 2 amide bonds. The summed E-state index contributed by atoms with van der Waals surface area (Å²) in [6, 6.07) is 15.8. The van der Waals surface area contributed by atoms with Crippen molar-refractivity contribution in [1.82, 2.24) is 0 Å². The number of Topliss-reactive ketones (excluding diaryl/α,β-unsaturated/α-hetero) is 1. The molecule has 5 heteroatoms. The molecule has 2 aromatic carbocycles. The summed E-state index contributed by atoms with van der Waals surface area (Å²) >= 11 is 0. The first-order valence-electron chi connectivity index (χ1n) is 9.82. The molecule has 4 unspecified atom stereocenters. The van der Waals surface area contributed by atoms with E-state index in [2.05, 4.69) is 0 Å². The van der Waals surface area contributed by atoms with Crippen LogP contribution in [0.15, 0.2) is 54.6 Å². The number of rotatable bonds is 5. The van der Waals surface area contributed by atoms with Crippen molar-refractivity contribution in [2.24, 2.45) is 23.7 Å². The van der Waals surface area contributed by atoms with E-state index < -0.39 is 0 Å². The molecular formula is C23H21NO4. The first-order valence-corrected chi connectivity index (χ1v) is 9.82. The van der Waals surface area contributed by atoms with Gasteiger partial charge in [-0.3, -0.25) is 19.3 Å². The molecule has 5 nitrogen and oxygen atoms in total. The van der Waals surface area contributed by atoms with Gasteiger partial charge in [-0.1, -0.05) is 30.3 Å². The van der Waals surface area contributed by atoms with Gasteiger partial charge in [0, 0.05) is 5.56 Å². The summed E-state index contributed by atoms with van der Waals surface area (Å²) in [5.74, 6) is 0.859. The Bertz CT molecular complexity index is 909. The number of carbonyl (C=O) groups is 3. The number of nitrogens with zero attached hydrogens (tertiary/aromatic N) is 1. The molecule has 2 aromatic rings. The second kappa shape index (κ2) is 6.59. The minimum absolute atomic E-state index is 0.0462. The van der Waals surface area contributed by atoms with Crippen LogP contribution in [-0.4, -0.2) is 24.2 Å². The molecule has 1 aliphatic heterocycles. The maximum atomic E-state index is 12.9. The maximum absolute atomic E-state index is 12.9. The Morgan fingerprint density at radius 2 is 1.50 bits per heavy atom. The van der Waals surface area contributed by atoms with E-state index >= 15 is 0 Å². The molecule has 142 valence electrons. The minimum Gasteiger partial charge on any atom is -0.485 e. The van der Waals surface area contributed by atoms with Crippen molar-refractivity contribution in [3.8, 4) is 5.75 Å². The van der Waals surface area contributed by atoms with Crippen LogP contribution in [0.25, 0.3) is 0 Å². The molecule has 28 heavy (non-hydrogen) atoms. The molecule has 0 aromatic heterocycles. The van der Waals surface area contributed by atoms with Crippen molar-refractivity contribution < 1.29 is 19.1 Å². The first-order chi connectivity index (χ1) is 13.6. The summed E-state index contributed by atoms with van der Waals surface area (Å²) < 4.78 is 5.57. The number of anilines is 1. The zero-order chi connectivity index (χ0) is 19.3. The monoisotopic (exact) mass is 375 g/mol. The number of hydrogen-bond acceptors (Lipinski definition) is 4. The van der Waals surface area contributed by atoms with E-state index in [1.54, 1.807) is 36.4 Å². The molecule has 2 aliphatic carbocycles. The molecule has 2 saturated carbocycles. The Morgan fingerprint density at radius 3 is 2.11 bits per heavy atom. The lowest BCUT2D eigenvalue weighted by molar-refractivity contribution is -0.123. The van der Waals surface area contributed by atoms with Gasteiger partial charge >= 0.3 is 0 Å². The van der Waals surface area contributed by atoms with Crippen molar-refractivity contribution in [1.29, 1.82) is 0 Å². The molecule has 5 rings (SSSR count). The van der Waals surface area contributed by atoms with Gasteiger partial charge in [-0.05, 0) is 55.4 Å². The lowest BCUT2D eigenvalue weighted by Crippen LogP contribution is -2.32. The van der Waals surface area contributed by atoms with Crippen LogP contribution in [0.3, 0.4) is 0 Å². The standard InChI is InChI=1S/C23H21NO4/c25-19(14-4-2-1-3-5-14)13-28-18-10-8-17(9-11-18)24-22(26)20-15-6-7-16(12-15)21(20)23(24)27/h1-5,8-11,15-16,20-21H,6-7,12-13H2. The highest BCUT2D eigenvalue weighted by molar-refractivity contribution is 6.22. The smallest absolute Gasteiger partial charge is 0.237 e. The Morgan fingerprint density at radius 1 is 0.893 bits per heavy atom. The van der Waals surface area contributed by atoms with E-state index in [-0.39, 0.29) is 36.0 Å². The number of fused-ring (bicyclic) bond motifs is 5. The van der Waals surface area contributed by atoms with Crippen LogP contribution in [0.2, 0.25) is 0 Å². The fourth-order valence-electron chi connectivity index (χ4n) is 5.21. The topological polar surface area (TPSA) is 63.7 Å². The highest BCUT2D eigenvalue weighted by Crippen LogP contribution is 2.56. The van der Waals surface area contributed by atoms with E-state index in [0.717, 1.165) is 19.3 Å². The predicted octanol–water partition coefficient (Wildman–Crippen LogP) is 3.48. The fourth-order valence-corrected chi connectivity index (χ4v) is 5.21. The summed E-state index contributed by atoms with van der Waals surface area (Å²) in [7, 11) is 0. The summed E-state index contributed by atoms with van der Waals surface area (Å²) in [4.78, 5) is 39.2. The Hall–Kier alpha value is -2.95. The van der Waals surface area contributed by atoms with Gasteiger partial charge in [0.25, 0.3) is 0 Å². The second-order valence-corrected chi connectivity index (χ2v) is 7.97. The van der Waals surface area contributed by atoms with Crippen molar-refractivity contribution >= 4 is 23.3 Å². The first kappa shape index (κ1) is 17.2. The summed E-state index contributed by atoms with van der Waals surface area (Å²) in [6.07, 6.45) is 3.17. The van der Waals surface area contributed by atoms with Crippen molar-refractivity contribution in [2.45, 2.75) is 19.3 Å². The minimum atomic E-state index is -0.120. The van der Waals surface area contributed by atoms with Gasteiger partial charge in [0.05, 0.1) is 17.5 Å². The average Bonchev–Trinajstić information content (AvgIpc) is 3.41. The zero-order valence-corrected chi connectivity index (χ0v) is 15.4. The van der Waals surface area contributed by atoms with Crippen LogP contribution >= 0.6 is 0 Å². The molecule has 2 bridgehead atoms. The molecule has 0 N–H and O–H groups in total. The molecule has 0 spiro atoms. The van der Waals surface area contributed by atoms with E-state index in [1.807, 2.05) is 18.2 Å². The van der Waals surface area contributed by atoms with Crippen LogP contribution in [0.1, 0.15) is 29.6 Å². The number of benzene rings is 2. The number of imide groups is 1. The van der Waals surface area contributed by atoms with Crippen LogP contribution in [0.5, 0.6) is 5.75 Å². The second-order valence-electron chi connectivity index (χ2n) is 7.97. The normalized spacial score (nSPS) is 27.9. The van der Waals surface area contributed by atoms with Crippen molar-refractivity contribution in [2.75, 3.05) is 11.5 Å². The summed E-state index contributed by atoms with van der Waals surface area (Å²) in [6.45, 7) is -0.0571. The van der Waals surface area contributed by atoms with Gasteiger partial charge in [-0.15, -0.1) is 0 Å². The Balaban J connectivity index is 1.27. The molecule has 1 saturated heterocycles. The quantitative estimate of drug-likeness (QED) is 0.593. The Kier molecular flexibility index (Phi) is 4.04. The maximum Gasteiger partial charge on any atom is 0.237 e. The van der Waals surface area contributed by atoms with Gasteiger partial charge < -0.3 is 4.74 Å². The number of amides is 2. The fraction of sp³-hybridized carbons (Fsp3) is 0.348. The number of ketones is 1. The number of carbonyl (C=O) groups excluding carboxylic acids is 3. The van der Waals surface area contributed by atoms with E-state index in [4.69, 9.17) is 4.74 Å². The summed E-state index contributed by atoms with van der Waals surface area (Å²) in [5.41, 5.74) is 1.19. The molecule has 0 radical (unpaired) electrons. The average molecular weight is 375 g/mol. The molecule has 3 aliphatic rings. The Labute approximate surface area is 163 Å². The lowest BCUT2D eigenvalue weighted by Gasteiger charge is -2.19. The van der Waals surface area contributed by atoms with Crippen LogP contribution in [0.4, 0.5) is 5.69 Å². The van der Waals surface area contributed by atoms with Gasteiger partial charge in [-0.2, -0.15) is 0 Å². The largest absolute Gasteiger partial charge is 0.485 e. The van der Waals surface area contributed by atoms with Crippen molar-refractivity contribution in [3.63, 3.8) is 0 Å². The SMILES string of the molecule is O=C(COc1ccc(N2C(=O)C3C4CCC(C4)C3C2=O)cc1)c1ccccc1. The third kappa shape index (κ3) is 2.65. The van der Waals surface area contributed by atoms with Crippen LogP contribution in [-0.2, 0) is 9.59 Å². The molecule has 1 heterocycles.